The molecule has 0 aliphatic carbocycles. The number of hydrogen-bond acceptors (Lipinski definition) is 10. The zero-order chi connectivity index (χ0) is 47.7. The molecule has 1 aromatic heterocycles. The Morgan fingerprint density at radius 3 is 2.23 bits per heavy atom. The fraction of sp³-hybridized carbons (Fsp3) is 0.618. The molecule has 0 spiro atoms. The van der Waals surface area contributed by atoms with Crippen molar-refractivity contribution in [3.63, 3.8) is 0 Å². The molecule has 7 rings (SSSR count). The molecule has 4 aliphatic heterocycles. The Balaban J connectivity index is 0.931. The van der Waals surface area contributed by atoms with Crippen molar-refractivity contribution in [3.05, 3.63) is 63.3 Å². The number of carbonyl (C=O) groups is 4. The van der Waals surface area contributed by atoms with E-state index in [1.165, 1.54) is 44.9 Å². The molecule has 66 heavy (non-hydrogen) atoms. The molecule has 4 aliphatic rings. The number of aromatic nitrogens is 1. The number of fused-ring (bicyclic) bond motifs is 6. The predicted molar refractivity (Wildman–Crippen MR) is 256 cm³/mol. The maximum Gasteiger partial charge on any atom is 0.338 e. The van der Waals surface area contributed by atoms with Crippen molar-refractivity contribution >= 4 is 40.4 Å². The van der Waals surface area contributed by atoms with Gasteiger partial charge < -0.3 is 29.0 Å². The molecule has 6 atom stereocenters. The fourth-order valence-electron chi connectivity index (χ4n) is 11.0. The summed E-state index contributed by atoms with van der Waals surface area (Å²) < 4.78 is 23.9. The first-order valence-corrected chi connectivity index (χ1v) is 25.0. The normalized spacial score (nSPS) is 23.0. The van der Waals surface area contributed by atoms with E-state index >= 15 is 0 Å². The molecule has 5 heterocycles. The fourth-order valence-corrected chi connectivity index (χ4v) is 11.0. The smallest absolute Gasteiger partial charge is 0.338 e. The van der Waals surface area contributed by atoms with E-state index in [1.54, 1.807) is 30.0 Å². The van der Waals surface area contributed by atoms with Crippen LogP contribution in [0.25, 0.3) is 16.6 Å². The number of aryl methyl sites for hydroxylation is 1. The number of pyridine rings is 1. The van der Waals surface area contributed by atoms with Gasteiger partial charge in [-0.25, -0.2) is 9.78 Å². The van der Waals surface area contributed by atoms with Crippen molar-refractivity contribution < 1.29 is 43.2 Å². The molecule has 2 aromatic carbocycles. The first kappa shape index (κ1) is 49.1. The van der Waals surface area contributed by atoms with Crippen LogP contribution >= 0.6 is 0 Å². The van der Waals surface area contributed by atoms with Gasteiger partial charge in [0.25, 0.3) is 0 Å². The van der Waals surface area contributed by atoms with E-state index in [0.717, 1.165) is 82.0 Å². The highest BCUT2D eigenvalue weighted by Crippen LogP contribution is 2.48. The maximum atomic E-state index is 13.8. The Bertz CT molecular complexity index is 2390. The van der Waals surface area contributed by atoms with E-state index in [2.05, 4.69) is 34.6 Å². The van der Waals surface area contributed by atoms with Crippen molar-refractivity contribution in [1.82, 2.24) is 9.88 Å². The molecule has 1 saturated heterocycles. The zero-order valence-corrected chi connectivity index (χ0v) is 41.3. The molecule has 11 nitrogen and oxygen atoms in total. The molecule has 1 amide bonds. The molecule has 1 fully saturated rings. The van der Waals surface area contributed by atoms with E-state index in [1.807, 2.05) is 33.8 Å². The van der Waals surface area contributed by atoms with Gasteiger partial charge in [0, 0.05) is 22.4 Å². The van der Waals surface area contributed by atoms with Gasteiger partial charge in [-0.05, 0) is 124 Å². The molecular formula is C55H74N2O9. The van der Waals surface area contributed by atoms with Crippen LogP contribution in [0.15, 0.2) is 24.3 Å². The molecule has 0 bridgehead atoms. The molecule has 358 valence electrons. The summed E-state index contributed by atoms with van der Waals surface area (Å²) in [5, 5.41) is 12.1. The molecule has 11 heteroatoms. The van der Waals surface area contributed by atoms with Crippen LogP contribution in [0.2, 0.25) is 0 Å². The summed E-state index contributed by atoms with van der Waals surface area (Å²) in [7, 11) is 0. The van der Waals surface area contributed by atoms with Gasteiger partial charge in [0.1, 0.15) is 29.5 Å². The monoisotopic (exact) mass is 907 g/mol. The van der Waals surface area contributed by atoms with E-state index < -0.39 is 35.3 Å². The van der Waals surface area contributed by atoms with Gasteiger partial charge in [0.15, 0.2) is 5.60 Å². The van der Waals surface area contributed by atoms with Crippen LogP contribution < -0.4 is 14.2 Å². The van der Waals surface area contributed by atoms with Gasteiger partial charge in [-0.1, -0.05) is 92.6 Å². The zero-order valence-electron chi connectivity index (χ0n) is 41.3. The van der Waals surface area contributed by atoms with Crippen LogP contribution in [-0.2, 0) is 43.3 Å². The number of rotatable bonds is 19. The minimum absolute atomic E-state index is 0.0791. The van der Waals surface area contributed by atoms with Gasteiger partial charge in [0.05, 0.1) is 42.2 Å². The Labute approximate surface area is 392 Å². The van der Waals surface area contributed by atoms with Crippen molar-refractivity contribution in [1.29, 1.82) is 0 Å². The van der Waals surface area contributed by atoms with Crippen LogP contribution in [0.5, 0.6) is 17.2 Å². The van der Waals surface area contributed by atoms with Gasteiger partial charge in [-0.15, -0.1) is 0 Å². The highest BCUT2D eigenvalue weighted by atomic mass is 16.6. The second-order valence-corrected chi connectivity index (χ2v) is 20.8. The van der Waals surface area contributed by atoms with Crippen LogP contribution in [0.4, 0.5) is 0 Å². The summed E-state index contributed by atoms with van der Waals surface area (Å²) >= 11 is 0. The van der Waals surface area contributed by atoms with Gasteiger partial charge in [-0.3, -0.25) is 14.4 Å². The lowest BCUT2D eigenvalue weighted by molar-refractivity contribution is -0.190. The van der Waals surface area contributed by atoms with Crippen molar-refractivity contribution in [2.75, 3.05) is 6.61 Å². The SMILES string of the molecule is CCc1c2c(nc3ccc(OC(=O)CCC(=O)Oc4c(C)c(C)c5c(c4C)CC[C@@](C)(CCC[C@H](C)CCC[C@H](C)CCCC(C)C)O5)cc13)C1=CC3C(COC(=O)[C@]3(O)CC)C(=O)N1C2. The number of carbonyl (C=O) groups excluding carboxylic acids is 4. The van der Waals surface area contributed by atoms with Gasteiger partial charge in [-0.2, -0.15) is 0 Å². The number of benzene rings is 2. The predicted octanol–water partition coefficient (Wildman–Crippen LogP) is 11.2. The number of ether oxygens (including phenoxy) is 4. The molecule has 0 saturated carbocycles. The average Bonchev–Trinajstić information content (AvgIpc) is 3.65. The van der Waals surface area contributed by atoms with Gasteiger partial charge in [0.2, 0.25) is 5.91 Å². The number of nitrogens with zero attached hydrogens (tertiary/aromatic N) is 2. The molecule has 1 N–H and O–H groups in total. The number of amides is 1. The first-order chi connectivity index (χ1) is 31.4. The standard InChI is InChI=1S/C55H74N2O9/c1-11-39-41-28-38(21-22-45(41)56-49-42(39)30-57-46(49)29-44-43(52(57)60)31-63-53(61)55(44,62)12-2)64-47(58)23-24-48(59)65-50-35(7)36(8)51-40(37(50)9)25-27-54(10,66-51)26-15-20-34(6)19-14-18-33(5)17-13-16-32(3)4/h21-22,28-29,32-34,43-44,62H,11-20,23-27,30-31H2,1-10H3/t33-,34-,43?,44?,54-,55+/m1/s1. The third-order valence-electron chi connectivity index (χ3n) is 15.4. The van der Waals surface area contributed by atoms with Crippen molar-refractivity contribution in [3.8, 4) is 17.2 Å². The lowest BCUT2D eigenvalue weighted by Gasteiger charge is -2.44. The Kier molecular flexibility index (Phi) is 15.1. The van der Waals surface area contributed by atoms with E-state index in [-0.39, 0.29) is 37.4 Å². The second-order valence-electron chi connectivity index (χ2n) is 20.8. The van der Waals surface area contributed by atoms with E-state index in [0.29, 0.717) is 47.3 Å². The second kappa shape index (κ2) is 20.2. The van der Waals surface area contributed by atoms with Crippen LogP contribution in [0, 0.1) is 50.4 Å². The van der Waals surface area contributed by atoms with E-state index in [9.17, 15) is 24.3 Å². The summed E-state index contributed by atoms with van der Waals surface area (Å²) in [6.45, 7) is 21.6. The van der Waals surface area contributed by atoms with Crippen LogP contribution in [0.1, 0.15) is 171 Å². The van der Waals surface area contributed by atoms with E-state index in [4.69, 9.17) is 23.9 Å². The quantitative estimate of drug-likeness (QED) is 0.0912. The largest absolute Gasteiger partial charge is 0.487 e. The number of esters is 3. The van der Waals surface area contributed by atoms with Crippen LogP contribution in [0.3, 0.4) is 0 Å². The lowest BCUT2D eigenvalue weighted by atomic mass is 9.72. The molecule has 2 unspecified atom stereocenters. The summed E-state index contributed by atoms with van der Waals surface area (Å²) in [5.41, 5.74) is 5.54. The third-order valence-corrected chi connectivity index (χ3v) is 15.4. The highest BCUT2D eigenvalue weighted by Gasteiger charge is 2.56. The first-order valence-electron chi connectivity index (χ1n) is 25.0. The summed E-state index contributed by atoms with van der Waals surface area (Å²) in [6.07, 6.45) is 15.3. The van der Waals surface area contributed by atoms with Gasteiger partial charge >= 0.3 is 17.9 Å². The summed E-state index contributed by atoms with van der Waals surface area (Å²) in [4.78, 5) is 59.6. The molecule has 0 radical (unpaired) electrons. The highest BCUT2D eigenvalue weighted by molar-refractivity contribution is 5.98. The third kappa shape index (κ3) is 10.1. The molecular weight excluding hydrogens is 833 g/mol. The maximum absolute atomic E-state index is 13.8. The minimum atomic E-state index is -1.79. The average molecular weight is 907 g/mol. The Morgan fingerprint density at radius 2 is 1.56 bits per heavy atom. The summed E-state index contributed by atoms with van der Waals surface area (Å²) in [6, 6.07) is 5.23. The Hall–Kier alpha value is -4.77. The number of aliphatic hydroxyl groups is 1. The topological polar surface area (TPSA) is 142 Å². The number of cyclic esters (lactones) is 1. The van der Waals surface area contributed by atoms with Crippen molar-refractivity contribution in [2.45, 2.75) is 183 Å². The summed E-state index contributed by atoms with van der Waals surface area (Å²) in [5.74, 6) is 0.729. The van der Waals surface area contributed by atoms with Crippen LogP contribution in [-0.4, -0.2) is 56.6 Å². The van der Waals surface area contributed by atoms with Crippen molar-refractivity contribution in [2.24, 2.45) is 29.6 Å². The number of hydrogen-bond donors (Lipinski definition) is 1. The molecule has 3 aromatic rings. The lowest BCUT2D eigenvalue weighted by Crippen LogP contribution is -2.58. The Morgan fingerprint density at radius 1 is 0.894 bits per heavy atom. The minimum Gasteiger partial charge on any atom is -0.487 e.